The average molecular weight is 954 g/mol. The van der Waals surface area contributed by atoms with Crippen LogP contribution in [0.4, 0.5) is 17.1 Å². The smallest absolute Gasteiger partial charge is 0.0618 e. The van der Waals surface area contributed by atoms with Crippen LogP contribution in [0.15, 0.2) is 309 Å². The molecule has 0 aliphatic heterocycles. The topological polar surface area (TPSA) is 3.24 Å². The first kappa shape index (κ1) is 45.1. The van der Waals surface area contributed by atoms with Gasteiger partial charge in [0, 0.05) is 22.4 Å². The summed E-state index contributed by atoms with van der Waals surface area (Å²) >= 11 is 0. The number of hydrogen-bond acceptors (Lipinski definition) is 1. The van der Waals surface area contributed by atoms with Crippen molar-refractivity contribution in [1.82, 2.24) is 0 Å². The third-order valence-electron chi connectivity index (χ3n) is 14.7. The molecule has 0 aromatic heterocycles. The summed E-state index contributed by atoms with van der Waals surface area (Å²) in [5, 5.41) is 4.92. The molecule has 13 aromatic carbocycles. The van der Waals surface area contributed by atoms with Crippen molar-refractivity contribution in [3.63, 3.8) is 0 Å². The van der Waals surface area contributed by atoms with Crippen molar-refractivity contribution in [3.8, 4) is 89.0 Å². The van der Waals surface area contributed by atoms with E-state index in [1.54, 1.807) is 0 Å². The quantitative estimate of drug-likeness (QED) is 0.117. The standard InChI is InChI=1S/C74H51N/c1-7-24-52(25-8-1)59-44-48-62(69(50-59)55-30-13-4-14-31-55)56-42-46-61(47-43-56)75(74-64(53-26-9-2-10-27-53)39-23-40-65(74)54-28-11-3-12-29-54)71-41-22-21-36-63(71)60-45-49-67-66-37-19-20-38-68(66)72(57-32-15-5-16-33-57)73(70(67)51-60)58-34-17-6-18-35-58/h1-51H. The maximum absolute atomic E-state index is 2.51. The van der Waals surface area contributed by atoms with E-state index in [1.807, 2.05) is 0 Å². The molecule has 13 aromatic rings. The lowest BCUT2D eigenvalue weighted by Gasteiger charge is -2.32. The number of anilines is 3. The van der Waals surface area contributed by atoms with Crippen molar-refractivity contribution < 1.29 is 0 Å². The highest BCUT2D eigenvalue weighted by atomic mass is 15.1. The number of nitrogens with zero attached hydrogens (tertiary/aromatic N) is 1. The number of benzene rings is 13. The van der Waals surface area contributed by atoms with E-state index < -0.39 is 0 Å². The van der Waals surface area contributed by atoms with Crippen LogP contribution in [0, 0.1) is 0 Å². The molecule has 0 heterocycles. The summed E-state index contributed by atoms with van der Waals surface area (Å²) in [6.07, 6.45) is 0. The van der Waals surface area contributed by atoms with Gasteiger partial charge in [-0.2, -0.15) is 0 Å². The molecule has 0 atom stereocenters. The maximum Gasteiger partial charge on any atom is 0.0618 e. The van der Waals surface area contributed by atoms with Gasteiger partial charge in [-0.3, -0.25) is 0 Å². The van der Waals surface area contributed by atoms with Gasteiger partial charge < -0.3 is 4.90 Å². The molecule has 13 rings (SSSR count). The third-order valence-corrected chi connectivity index (χ3v) is 14.7. The average Bonchev–Trinajstić information content (AvgIpc) is 3.53. The van der Waals surface area contributed by atoms with Crippen LogP contribution in [0.25, 0.3) is 111 Å². The van der Waals surface area contributed by atoms with Crippen LogP contribution >= 0.6 is 0 Å². The minimum absolute atomic E-state index is 1.05. The molecular weight excluding hydrogens is 903 g/mol. The third kappa shape index (κ3) is 8.57. The van der Waals surface area contributed by atoms with Crippen LogP contribution in [-0.2, 0) is 0 Å². The first-order chi connectivity index (χ1) is 37.2. The van der Waals surface area contributed by atoms with Gasteiger partial charge in [0.1, 0.15) is 0 Å². The van der Waals surface area contributed by atoms with Gasteiger partial charge in [0.2, 0.25) is 0 Å². The lowest BCUT2D eigenvalue weighted by Crippen LogP contribution is -2.14. The molecule has 1 nitrogen and oxygen atoms in total. The summed E-state index contributed by atoms with van der Waals surface area (Å²) in [4.78, 5) is 2.51. The second-order valence-corrected chi connectivity index (χ2v) is 19.1. The second-order valence-electron chi connectivity index (χ2n) is 19.1. The van der Waals surface area contributed by atoms with Crippen LogP contribution in [0.3, 0.4) is 0 Å². The lowest BCUT2D eigenvalue weighted by atomic mass is 9.84. The molecule has 0 aliphatic rings. The van der Waals surface area contributed by atoms with E-state index in [1.165, 1.54) is 71.6 Å². The van der Waals surface area contributed by atoms with Crippen LogP contribution in [0.5, 0.6) is 0 Å². The molecule has 0 saturated carbocycles. The Labute approximate surface area is 439 Å². The zero-order valence-electron chi connectivity index (χ0n) is 41.4. The van der Waals surface area contributed by atoms with E-state index in [4.69, 9.17) is 0 Å². The van der Waals surface area contributed by atoms with E-state index in [2.05, 4.69) is 314 Å². The zero-order valence-corrected chi connectivity index (χ0v) is 41.4. The van der Waals surface area contributed by atoms with E-state index in [0.29, 0.717) is 0 Å². The van der Waals surface area contributed by atoms with Gasteiger partial charge in [-0.1, -0.05) is 279 Å². The highest BCUT2D eigenvalue weighted by Crippen LogP contribution is 2.51. The van der Waals surface area contributed by atoms with Gasteiger partial charge >= 0.3 is 0 Å². The molecule has 0 aliphatic carbocycles. The monoisotopic (exact) mass is 953 g/mol. The van der Waals surface area contributed by atoms with Crippen molar-refractivity contribution >= 4 is 38.6 Å². The first-order valence-corrected chi connectivity index (χ1v) is 25.8. The molecule has 0 fully saturated rings. The van der Waals surface area contributed by atoms with Crippen molar-refractivity contribution in [3.05, 3.63) is 309 Å². The summed E-state index contributed by atoms with van der Waals surface area (Å²) in [6.45, 7) is 0. The number of fused-ring (bicyclic) bond motifs is 3. The van der Waals surface area contributed by atoms with Gasteiger partial charge in [0.05, 0.1) is 11.4 Å². The molecule has 0 spiro atoms. The summed E-state index contributed by atoms with van der Waals surface area (Å²) in [7, 11) is 0. The first-order valence-electron chi connectivity index (χ1n) is 25.8. The second kappa shape index (κ2) is 20.0. The van der Waals surface area contributed by atoms with Crippen molar-refractivity contribution in [2.24, 2.45) is 0 Å². The molecule has 0 N–H and O–H groups in total. The molecular formula is C74H51N. The number of rotatable bonds is 11. The van der Waals surface area contributed by atoms with Gasteiger partial charge in [-0.05, 0) is 124 Å². The molecule has 75 heavy (non-hydrogen) atoms. The molecule has 352 valence electrons. The van der Waals surface area contributed by atoms with Gasteiger partial charge in [-0.15, -0.1) is 0 Å². The Kier molecular flexibility index (Phi) is 12.0. The lowest BCUT2D eigenvalue weighted by molar-refractivity contribution is 1.28. The van der Waals surface area contributed by atoms with Crippen molar-refractivity contribution in [2.45, 2.75) is 0 Å². The fourth-order valence-electron chi connectivity index (χ4n) is 11.2. The highest BCUT2D eigenvalue weighted by Gasteiger charge is 2.26. The Morgan fingerprint density at radius 1 is 0.187 bits per heavy atom. The molecule has 0 amide bonds. The Morgan fingerprint density at radius 3 is 1.16 bits per heavy atom. The van der Waals surface area contributed by atoms with E-state index in [9.17, 15) is 0 Å². The number of hydrogen-bond donors (Lipinski definition) is 0. The Bertz CT molecular complexity index is 4060. The summed E-state index contributed by atoms with van der Waals surface area (Å²) in [5.74, 6) is 0. The van der Waals surface area contributed by atoms with Crippen LogP contribution in [-0.4, -0.2) is 0 Å². The predicted octanol–water partition coefficient (Wildman–Crippen LogP) is 20.8. The predicted molar refractivity (Wildman–Crippen MR) is 320 cm³/mol. The van der Waals surface area contributed by atoms with Crippen LogP contribution < -0.4 is 4.90 Å². The normalized spacial score (nSPS) is 11.2. The minimum atomic E-state index is 1.05. The SMILES string of the molecule is c1ccc(-c2ccc(-c3ccc(N(c4ccccc4-c4ccc5c(c4)c(-c4ccccc4)c(-c4ccccc4)c4ccccc45)c4c(-c5ccccc5)cccc4-c4ccccc4)cc3)c(-c3ccccc3)c2)cc1. The van der Waals surface area contributed by atoms with E-state index in [-0.39, 0.29) is 0 Å². The summed E-state index contributed by atoms with van der Waals surface area (Å²) in [6, 6.07) is 113. The van der Waals surface area contributed by atoms with Gasteiger partial charge in [0.25, 0.3) is 0 Å². The van der Waals surface area contributed by atoms with Crippen molar-refractivity contribution in [2.75, 3.05) is 4.90 Å². The van der Waals surface area contributed by atoms with Gasteiger partial charge in [0.15, 0.2) is 0 Å². The molecule has 0 unspecified atom stereocenters. The fourth-order valence-corrected chi connectivity index (χ4v) is 11.2. The summed E-state index contributed by atoms with van der Waals surface area (Å²) in [5.41, 5.74) is 22.0. The van der Waals surface area contributed by atoms with E-state index >= 15 is 0 Å². The fraction of sp³-hybridized carbons (Fsp3) is 0. The highest BCUT2D eigenvalue weighted by molar-refractivity contribution is 6.22. The van der Waals surface area contributed by atoms with E-state index in [0.717, 1.165) is 56.0 Å². The van der Waals surface area contributed by atoms with Crippen molar-refractivity contribution in [1.29, 1.82) is 0 Å². The molecule has 0 bridgehead atoms. The Hall–Kier alpha value is -9.82. The van der Waals surface area contributed by atoms with Gasteiger partial charge in [-0.25, -0.2) is 0 Å². The largest absolute Gasteiger partial charge is 0.309 e. The minimum Gasteiger partial charge on any atom is -0.309 e. The summed E-state index contributed by atoms with van der Waals surface area (Å²) < 4.78 is 0. The Balaban J connectivity index is 1.06. The Morgan fingerprint density at radius 2 is 0.587 bits per heavy atom. The molecule has 0 saturated heterocycles. The zero-order chi connectivity index (χ0) is 49.9. The maximum atomic E-state index is 2.51. The molecule has 1 heteroatoms. The van der Waals surface area contributed by atoms with Crippen LogP contribution in [0.2, 0.25) is 0 Å². The molecule has 0 radical (unpaired) electrons. The number of para-hydroxylation sites is 2. The van der Waals surface area contributed by atoms with Crippen LogP contribution in [0.1, 0.15) is 0 Å².